The fraction of sp³-hybridized carbons (Fsp3) is 0.133. The van der Waals surface area contributed by atoms with Gasteiger partial charge in [-0.1, -0.05) is 23.2 Å². The van der Waals surface area contributed by atoms with Gasteiger partial charge in [0.25, 0.3) is 0 Å². The Morgan fingerprint density at radius 2 is 1.84 bits per heavy atom. The Balaban J connectivity index is 2.12. The Labute approximate surface area is 149 Å². The zero-order chi connectivity index (χ0) is 18.4. The molecule has 0 unspecified atom stereocenters. The first kappa shape index (κ1) is 17.5. The Hall–Kier alpha value is -2.32. The predicted octanol–water partition coefficient (Wildman–Crippen LogP) is 4.70. The second-order valence-electron chi connectivity index (χ2n) is 5.12. The van der Waals surface area contributed by atoms with Crippen molar-refractivity contribution < 1.29 is 18.0 Å². The van der Waals surface area contributed by atoms with Crippen LogP contribution in [-0.2, 0) is 11.0 Å². The van der Waals surface area contributed by atoms with E-state index in [0.29, 0.717) is 16.9 Å². The molecule has 0 aliphatic carbocycles. The van der Waals surface area contributed by atoms with Crippen LogP contribution in [0, 0.1) is 0 Å². The molecule has 1 amide bonds. The average molecular weight is 389 g/mol. The summed E-state index contributed by atoms with van der Waals surface area (Å²) in [5.41, 5.74) is 0.0464. The first-order valence-corrected chi connectivity index (χ1v) is 7.61. The summed E-state index contributed by atoms with van der Waals surface area (Å²) >= 11 is 12.0. The third-order valence-electron chi connectivity index (χ3n) is 3.29. The van der Waals surface area contributed by atoms with Crippen LogP contribution in [0.4, 0.5) is 19.0 Å². The number of aromatic nitrogens is 3. The van der Waals surface area contributed by atoms with Gasteiger partial charge in [0.15, 0.2) is 0 Å². The molecule has 0 saturated heterocycles. The number of fused-ring (bicyclic) bond motifs is 1. The van der Waals surface area contributed by atoms with Crippen LogP contribution >= 0.6 is 23.2 Å². The highest BCUT2D eigenvalue weighted by Gasteiger charge is 2.32. The molecule has 3 rings (SSSR count). The summed E-state index contributed by atoms with van der Waals surface area (Å²) in [7, 11) is 0. The zero-order valence-corrected chi connectivity index (χ0v) is 14.0. The summed E-state index contributed by atoms with van der Waals surface area (Å²) in [6.45, 7) is 1.34. The van der Waals surface area contributed by atoms with Crippen LogP contribution in [0.15, 0.2) is 30.5 Å². The van der Waals surface area contributed by atoms with Crippen molar-refractivity contribution in [1.29, 1.82) is 0 Å². The summed E-state index contributed by atoms with van der Waals surface area (Å²) in [6, 6.07) is 4.71. The fourth-order valence-corrected chi connectivity index (χ4v) is 2.92. The molecular formula is C15H9Cl2F3N4O. The number of amides is 1. The third kappa shape index (κ3) is 3.40. The molecule has 0 fully saturated rings. The molecule has 130 valence electrons. The number of hydrogen-bond donors (Lipinski definition) is 1. The molecule has 2 heterocycles. The van der Waals surface area contributed by atoms with E-state index >= 15 is 0 Å². The number of anilines is 1. The number of carbonyl (C=O) groups is 1. The van der Waals surface area contributed by atoms with Gasteiger partial charge in [0.05, 0.1) is 27.3 Å². The number of halogens is 5. The van der Waals surface area contributed by atoms with Gasteiger partial charge in [-0.15, -0.1) is 0 Å². The molecular weight excluding hydrogens is 380 g/mol. The number of nitrogens with one attached hydrogen (secondary N) is 1. The lowest BCUT2D eigenvalue weighted by atomic mass is 10.2. The number of benzene rings is 1. The van der Waals surface area contributed by atoms with Gasteiger partial charge in [0.1, 0.15) is 17.0 Å². The van der Waals surface area contributed by atoms with Crippen molar-refractivity contribution in [2.24, 2.45) is 0 Å². The second kappa shape index (κ2) is 6.20. The van der Waals surface area contributed by atoms with Crippen LogP contribution in [0.5, 0.6) is 0 Å². The van der Waals surface area contributed by atoms with Gasteiger partial charge in [-0.2, -0.15) is 18.3 Å². The molecule has 2 aromatic heterocycles. The minimum atomic E-state index is -4.56. The summed E-state index contributed by atoms with van der Waals surface area (Å²) in [5, 5.41) is 6.22. The zero-order valence-electron chi connectivity index (χ0n) is 12.5. The molecule has 0 saturated carbocycles. The molecule has 0 bridgehead atoms. The molecule has 0 spiro atoms. The molecule has 1 N–H and O–H groups in total. The quantitative estimate of drug-likeness (QED) is 0.691. The van der Waals surface area contributed by atoms with Crippen molar-refractivity contribution in [3.8, 4) is 5.69 Å². The van der Waals surface area contributed by atoms with Crippen LogP contribution < -0.4 is 5.32 Å². The molecule has 0 radical (unpaired) electrons. The van der Waals surface area contributed by atoms with Crippen LogP contribution in [0.2, 0.25) is 10.0 Å². The van der Waals surface area contributed by atoms with E-state index in [9.17, 15) is 18.0 Å². The highest BCUT2D eigenvalue weighted by molar-refractivity contribution is 6.38. The van der Waals surface area contributed by atoms with Gasteiger partial charge in [-0.05, 0) is 24.3 Å². The van der Waals surface area contributed by atoms with Crippen molar-refractivity contribution in [1.82, 2.24) is 14.8 Å². The van der Waals surface area contributed by atoms with E-state index in [0.717, 1.165) is 12.1 Å². The third-order valence-corrected chi connectivity index (χ3v) is 3.86. The number of carbonyl (C=O) groups excluding carboxylic acids is 1. The SMILES string of the molecule is CC(=O)Nc1ccc2c(cnn2-c2c(Cl)cc(C(F)(F)F)cc2Cl)n1. The van der Waals surface area contributed by atoms with Crippen LogP contribution in [0.25, 0.3) is 16.7 Å². The largest absolute Gasteiger partial charge is 0.416 e. The number of pyridine rings is 1. The predicted molar refractivity (Wildman–Crippen MR) is 88.2 cm³/mol. The maximum Gasteiger partial charge on any atom is 0.416 e. The van der Waals surface area contributed by atoms with E-state index < -0.39 is 11.7 Å². The molecule has 0 aliphatic rings. The highest BCUT2D eigenvalue weighted by Crippen LogP contribution is 2.38. The summed E-state index contributed by atoms with van der Waals surface area (Å²) < 4.78 is 39.8. The standard InChI is InChI=1S/C15H9Cl2F3N4O/c1-7(25)22-13-3-2-12-11(23-13)6-21-24(12)14-9(16)4-8(5-10(14)17)15(18,19)20/h2-6H,1H3,(H,22,23,25). The first-order chi connectivity index (χ1) is 11.7. The van der Waals surface area contributed by atoms with E-state index in [4.69, 9.17) is 23.2 Å². The normalized spacial score (nSPS) is 11.8. The molecule has 5 nitrogen and oxygen atoms in total. The maximum atomic E-state index is 12.8. The van der Waals surface area contributed by atoms with Crippen LogP contribution in [-0.4, -0.2) is 20.7 Å². The fourth-order valence-electron chi connectivity index (χ4n) is 2.28. The molecule has 10 heteroatoms. The molecule has 1 aromatic carbocycles. The second-order valence-corrected chi connectivity index (χ2v) is 5.94. The lowest BCUT2D eigenvalue weighted by molar-refractivity contribution is -0.137. The van der Waals surface area contributed by atoms with Crippen LogP contribution in [0.3, 0.4) is 0 Å². The number of rotatable bonds is 2. The van der Waals surface area contributed by atoms with Gasteiger partial charge in [0.2, 0.25) is 5.91 Å². The summed E-state index contributed by atoms with van der Waals surface area (Å²) in [6.07, 6.45) is -3.17. The maximum absolute atomic E-state index is 12.8. The van der Waals surface area contributed by atoms with Crippen molar-refractivity contribution in [2.45, 2.75) is 13.1 Å². The molecule has 25 heavy (non-hydrogen) atoms. The monoisotopic (exact) mass is 388 g/mol. The van der Waals surface area contributed by atoms with Gasteiger partial charge < -0.3 is 5.32 Å². The van der Waals surface area contributed by atoms with Crippen molar-refractivity contribution in [3.63, 3.8) is 0 Å². The Morgan fingerprint density at radius 1 is 1.20 bits per heavy atom. The summed E-state index contributed by atoms with van der Waals surface area (Å²) in [5.74, 6) is 0.0391. The van der Waals surface area contributed by atoms with Crippen molar-refractivity contribution in [2.75, 3.05) is 5.32 Å². The van der Waals surface area contributed by atoms with E-state index in [1.165, 1.54) is 23.9 Å². The van der Waals surface area contributed by atoms with Crippen molar-refractivity contribution in [3.05, 3.63) is 46.1 Å². The molecule has 3 aromatic rings. The Bertz CT molecular complexity index is 962. The Kier molecular flexibility index (Phi) is 4.34. The smallest absolute Gasteiger partial charge is 0.311 e. The minimum absolute atomic E-state index is 0.111. The Morgan fingerprint density at radius 3 is 2.40 bits per heavy atom. The van der Waals surface area contributed by atoms with Gasteiger partial charge in [0, 0.05) is 6.92 Å². The average Bonchev–Trinajstić information content (AvgIpc) is 2.88. The number of alkyl halides is 3. The van der Waals surface area contributed by atoms with E-state index in [1.54, 1.807) is 6.07 Å². The van der Waals surface area contributed by atoms with E-state index in [-0.39, 0.29) is 21.6 Å². The topological polar surface area (TPSA) is 59.8 Å². The lowest BCUT2D eigenvalue weighted by Gasteiger charge is -2.13. The highest BCUT2D eigenvalue weighted by atomic mass is 35.5. The first-order valence-electron chi connectivity index (χ1n) is 6.86. The minimum Gasteiger partial charge on any atom is -0.311 e. The van der Waals surface area contributed by atoms with Gasteiger partial charge in [-0.3, -0.25) is 4.79 Å². The van der Waals surface area contributed by atoms with E-state index in [1.807, 2.05) is 0 Å². The van der Waals surface area contributed by atoms with Gasteiger partial charge in [-0.25, -0.2) is 9.67 Å². The van der Waals surface area contributed by atoms with Gasteiger partial charge >= 0.3 is 6.18 Å². The molecule has 0 aliphatic heterocycles. The van der Waals surface area contributed by atoms with Crippen LogP contribution in [0.1, 0.15) is 12.5 Å². The number of hydrogen-bond acceptors (Lipinski definition) is 3. The van der Waals surface area contributed by atoms with Crippen molar-refractivity contribution >= 4 is 46.0 Å². The summed E-state index contributed by atoms with van der Waals surface area (Å²) in [4.78, 5) is 15.3. The lowest BCUT2D eigenvalue weighted by Crippen LogP contribution is -2.08. The number of nitrogens with zero attached hydrogens (tertiary/aromatic N) is 3. The molecule has 0 atom stereocenters. The van der Waals surface area contributed by atoms with E-state index in [2.05, 4.69) is 15.4 Å².